The van der Waals surface area contributed by atoms with Crippen molar-refractivity contribution in [1.29, 1.82) is 0 Å². The zero-order valence-electron chi connectivity index (χ0n) is 10.6. The topological polar surface area (TPSA) is 82.1 Å². The summed E-state index contributed by atoms with van der Waals surface area (Å²) in [7, 11) is 3.41. The second-order valence-corrected chi connectivity index (χ2v) is 4.38. The lowest BCUT2D eigenvalue weighted by atomic mass is 10.2. The van der Waals surface area contributed by atoms with E-state index in [-0.39, 0.29) is 11.6 Å². The van der Waals surface area contributed by atoms with Crippen molar-refractivity contribution in [2.45, 2.75) is 13.0 Å². The molecule has 0 radical (unpaired) electrons. The molecule has 6 nitrogen and oxygen atoms in total. The fourth-order valence-electron chi connectivity index (χ4n) is 1.84. The van der Waals surface area contributed by atoms with Crippen molar-refractivity contribution < 1.29 is 4.79 Å². The Balaban J connectivity index is 2.48. The van der Waals surface area contributed by atoms with E-state index >= 15 is 0 Å². The van der Waals surface area contributed by atoms with Crippen LogP contribution in [0.2, 0.25) is 0 Å². The minimum atomic E-state index is -0.569. The van der Waals surface area contributed by atoms with Crippen LogP contribution in [0.1, 0.15) is 6.92 Å². The van der Waals surface area contributed by atoms with Crippen LogP contribution in [-0.2, 0) is 18.9 Å². The van der Waals surface area contributed by atoms with Crippen molar-refractivity contribution in [3.8, 4) is 0 Å². The molecule has 0 saturated heterocycles. The Kier molecular flexibility index (Phi) is 2.96. The molecular formula is C12H16N4O2. The highest BCUT2D eigenvalue weighted by Gasteiger charge is 2.11. The van der Waals surface area contributed by atoms with Gasteiger partial charge >= 0.3 is 5.69 Å². The van der Waals surface area contributed by atoms with Gasteiger partial charge in [-0.25, -0.2) is 4.79 Å². The van der Waals surface area contributed by atoms with E-state index < -0.39 is 6.04 Å². The Hall–Kier alpha value is -2.08. The highest BCUT2D eigenvalue weighted by molar-refractivity contribution is 5.96. The average Bonchev–Trinajstić information content (AvgIpc) is 2.54. The first kappa shape index (κ1) is 12.4. The molecule has 1 aromatic carbocycles. The maximum Gasteiger partial charge on any atom is 0.328 e. The van der Waals surface area contributed by atoms with Gasteiger partial charge in [0, 0.05) is 19.8 Å². The van der Waals surface area contributed by atoms with Crippen LogP contribution in [0.4, 0.5) is 5.69 Å². The summed E-state index contributed by atoms with van der Waals surface area (Å²) in [6, 6.07) is 4.74. The number of rotatable bonds is 2. The first-order valence-electron chi connectivity index (χ1n) is 5.63. The number of carbonyl (C=O) groups is 1. The molecule has 1 aromatic heterocycles. The zero-order chi connectivity index (χ0) is 13.4. The monoisotopic (exact) mass is 248 g/mol. The third-order valence-electron chi connectivity index (χ3n) is 2.95. The van der Waals surface area contributed by atoms with Crippen molar-refractivity contribution in [2.75, 3.05) is 5.32 Å². The molecule has 3 N–H and O–H groups in total. The molecule has 0 fully saturated rings. The van der Waals surface area contributed by atoms with Gasteiger partial charge in [-0.3, -0.25) is 13.9 Å². The Bertz CT molecular complexity index is 667. The number of aryl methyl sites for hydroxylation is 2. The van der Waals surface area contributed by atoms with E-state index in [0.29, 0.717) is 5.69 Å². The van der Waals surface area contributed by atoms with Crippen LogP contribution in [0.15, 0.2) is 23.0 Å². The molecule has 0 spiro atoms. The van der Waals surface area contributed by atoms with Gasteiger partial charge < -0.3 is 11.1 Å². The van der Waals surface area contributed by atoms with Crippen LogP contribution in [0, 0.1) is 0 Å². The molecule has 0 unspecified atom stereocenters. The van der Waals surface area contributed by atoms with Crippen LogP contribution in [0.3, 0.4) is 0 Å². The third kappa shape index (κ3) is 1.91. The molecule has 0 aliphatic heterocycles. The van der Waals surface area contributed by atoms with E-state index in [4.69, 9.17) is 5.73 Å². The van der Waals surface area contributed by atoms with Gasteiger partial charge in [0.25, 0.3) is 0 Å². The Morgan fingerprint density at radius 3 is 2.50 bits per heavy atom. The molecule has 6 heteroatoms. The fourth-order valence-corrected chi connectivity index (χ4v) is 1.84. The van der Waals surface area contributed by atoms with Crippen LogP contribution in [-0.4, -0.2) is 21.1 Å². The maximum atomic E-state index is 11.7. The fraction of sp³-hybridized carbons (Fsp3) is 0.333. The summed E-state index contributed by atoms with van der Waals surface area (Å²) in [6.45, 7) is 1.62. The van der Waals surface area contributed by atoms with Crippen molar-refractivity contribution in [2.24, 2.45) is 19.8 Å². The minimum Gasteiger partial charge on any atom is -0.325 e. The third-order valence-corrected chi connectivity index (χ3v) is 2.95. The maximum absolute atomic E-state index is 11.7. The van der Waals surface area contributed by atoms with Gasteiger partial charge in [0.05, 0.1) is 17.1 Å². The normalized spacial score (nSPS) is 12.7. The molecule has 96 valence electrons. The molecule has 1 heterocycles. The number of nitrogens with one attached hydrogen (secondary N) is 1. The minimum absolute atomic E-state index is 0.0966. The molecule has 0 aliphatic rings. The standard InChI is InChI=1S/C12H16N4O2/c1-7(13)11(17)14-8-4-5-9-10(6-8)16(3)12(18)15(9)2/h4-7H,13H2,1-3H3,(H,14,17)/t7-/m1/s1. The molecule has 0 bridgehead atoms. The zero-order valence-corrected chi connectivity index (χ0v) is 10.6. The molecule has 1 amide bonds. The predicted octanol–water partition coefficient (Wildman–Crippen LogP) is 0.163. The van der Waals surface area contributed by atoms with Gasteiger partial charge in [-0.1, -0.05) is 0 Å². The van der Waals surface area contributed by atoms with Gasteiger partial charge in [0.1, 0.15) is 0 Å². The SMILES string of the molecule is C[C@@H](N)C(=O)Nc1ccc2c(c1)n(C)c(=O)n2C. The lowest BCUT2D eigenvalue weighted by Gasteiger charge is -2.08. The molecule has 0 saturated carbocycles. The van der Waals surface area contributed by atoms with Crippen molar-refractivity contribution in [3.05, 3.63) is 28.7 Å². The molecule has 1 atom stereocenters. The number of aromatic nitrogens is 2. The van der Waals surface area contributed by atoms with Crippen molar-refractivity contribution in [3.63, 3.8) is 0 Å². The van der Waals surface area contributed by atoms with Gasteiger partial charge in [-0.05, 0) is 25.1 Å². The summed E-state index contributed by atoms with van der Waals surface area (Å²) in [5.74, 6) is -0.254. The number of nitrogens with zero attached hydrogens (tertiary/aromatic N) is 2. The van der Waals surface area contributed by atoms with E-state index in [0.717, 1.165) is 11.0 Å². The number of nitrogens with two attached hydrogens (primary N) is 1. The lowest BCUT2D eigenvalue weighted by molar-refractivity contribution is -0.117. The van der Waals surface area contributed by atoms with Crippen molar-refractivity contribution in [1.82, 2.24) is 9.13 Å². The second kappa shape index (κ2) is 4.30. The van der Waals surface area contributed by atoms with Crippen LogP contribution in [0.5, 0.6) is 0 Å². The smallest absolute Gasteiger partial charge is 0.325 e. The van der Waals surface area contributed by atoms with E-state index in [1.807, 2.05) is 0 Å². The average molecular weight is 248 g/mol. The number of carbonyl (C=O) groups excluding carboxylic acids is 1. The Labute approximate surface area is 104 Å². The Morgan fingerprint density at radius 2 is 1.89 bits per heavy atom. The van der Waals surface area contributed by atoms with Gasteiger partial charge in [0.2, 0.25) is 5.91 Å². The molecular weight excluding hydrogens is 232 g/mol. The predicted molar refractivity (Wildman–Crippen MR) is 70.4 cm³/mol. The highest BCUT2D eigenvalue weighted by atomic mass is 16.2. The van der Waals surface area contributed by atoms with Crippen LogP contribution >= 0.6 is 0 Å². The Morgan fingerprint density at radius 1 is 1.28 bits per heavy atom. The van der Waals surface area contributed by atoms with Crippen molar-refractivity contribution >= 4 is 22.6 Å². The number of amides is 1. The number of anilines is 1. The lowest BCUT2D eigenvalue weighted by Crippen LogP contribution is -2.32. The largest absolute Gasteiger partial charge is 0.328 e. The highest BCUT2D eigenvalue weighted by Crippen LogP contribution is 2.17. The van der Waals surface area contributed by atoms with Gasteiger partial charge in [-0.2, -0.15) is 0 Å². The van der Waals surface area contributed by atoms with E-state index in [1.54, 1.807) is 43.8 Å². The molecule has 18 heavy (non-hydrogen) atoms. The molecule has 0 aliphatic carbocycles. The van der Waals surface area contributed by atoms with E-state index in [1.165, 1.54) is 4.57 Å². The first-order chi connectivity index (χ1) is 8.41. The second-order valence-electron chi connectivity index (χ2n) is 4.38. The summed E-state index contributed by atoms with van der Waals surface area (Å²) in [5.41, 5.74) is 7.61. The number of fused-ring (bicyclic) bond motifs is 1. The summed E-state index contributed by atoms with van der Waals surface area (Å²) in [4.78, 5) is 23.2. The van der Waals surface area contributed by atoms with Gasteiger partial charge in [0.15, 0.2) is 0 Å². The molecule has 2 rings (SSSR count). The van der Waals surface area contributed by atoms with Crippen LogP contribution < -0.4 is 16.7 Å². The number of benzene rings is 1. The summed E-state index contributed by atoms with van der Waals surface area (Å²) in [6.07, 6.45) is 0. The van der Waals surface area contributed by atoms with E-state index in [2.05, 4.69) is 5.32 Å². The first-order valence-corrected chi connectivity index (χ1v) is 5.63. The van der Waals surface area contributed by atoms with Gasteiger partial charge in [-0.15, -0.1) is 0 Å². The summed E-state index contributed by atoms with van der Waals surface area (Å²) >= 11 is 0. The molecule has 2 aromatic rings. The van der Waals surface area contributed by atoms with E-state index in [9.17, 15) is 9.59 Å². The van der Waals surface area contributed by atoms with Crippen LogP contribution in [0.25, 0.3) is 11.0 Å². The number of hydrogen-bond acceptors (Lipinski definition) is 3. The number of hydrogen-bond donors (Lipinski definition) is 2. The summed E-state index contributed by atoms with van der Waals surface area (Å²) < 4.78 is 3.10. The number of imidazole rings is 1. The summed E-state index contributed by atoms with van der Waals surface area (Å²) in [5, 5.41) is 2.70. The quantitative estimate of drug-likeness (QED) is 0.794.